The van der Waals surface area contributed by atoms with Crippen LogP contribution in [0, 0.1) is 0 Å². The first-order chi connectivity index (χ1) is 21.9. The van der Waals surface area contributed by atoms with Gasteiger partial charge in [-0.05, 0) is 42.5 Å². The molecule has 0 saturated carbocycles. The third-order valence-corrected chi connectivity index (χ3v) is 6.38. The molecule has 3 rings (SSSR count). The van der Waals surface area contributed by atoms with Crippen molar-refractivity contribution in [1.29, 1.82) is 0 Å². The number of carboxylic acids is 1. The van der Waals surface area contributed by atoms with Crippen molar-refractivity contribution < 1.29 is 33.8 Å². The van der Waals surface area contributed by atoms with Crippen LogP contribution in [0.1, 0.15) is 43.4 Å². The number of guanidine groups is 1. The number of primary amides is 1. The molecule has 1 aromatic heterocycles. The van der Waals surface area contributed by atoms with E-state index in [1.54, 1.807) is 17.7 Å². The van der Waals surface area contributed by atoms with Gasteiger partial charge in [-0.1, -0.05) is 42.5 Å². The number of carboxylic acid groups (broad SMARTS) is 1. The molecular weight excluding hydrogens is 596 g/mol. The Labute approximate surface area is 266 Å². The van der Waals surface area contributed by atoms with Gasteiger partial charge in [0.2, 0.25) is 11.8 Å². The van der Waals surface area contributed by atoms with Crippen LogP contribution >= 0.6 is 0 Å². The molecule has 0 unspecified atom stereocenters. The summed E-state index contributed by atoms with van der Waals surface area (Å²) < 4.78 is 6.83. The topological polar surface area (TPSA) is 246 Å². The lowest BCUT2D eigenvalue weighted by molar-refractivity contribution is -0.143. The van der Waals surface area contributed by atoms with Crippen LogP contribution in [0.3, 0.4) is 0 Å². The van der Waals surface area contributed by atoms with E-state index in [-0.39, 0.29) is 49.9 Å². The number of fused-ring (bicyclic) bond motifs is 1. The number of benzene rings is 2. The molecular formula is C31H42N8O7. The smallest absolute Gasteiger partial charge is 0.325 e. The highest BCUT2D eigenvalue weighted by Crippen LogP contribution is 2.22. The number of nitrogens with zero attached hydrogens (tertiary/aromatic N) is 2. The number of aliphatic carboxylic acids is 1. The van der Waals surface area contributed by atoms with Crippen molar-refractivity contribution in [3.63, 3.8) is 0 Å². The minimum absolute atomic E-state index is 0.00875. The summed E-state index contributed by atoms with van der Waals surface area (Å²) in [6.45, 7) is 3.98. The molecule has 0 aliphatic rings. The Hall–Kier alpha value is -5.60. The van der Waals surface area contributed by atoms with Crippen LogP contribution in [0.5, 0.6) is 0 Å². The summed E-state index contributed by atoms with van der Waals surface area (Å²) in [4.78, 5) is 62.3. The van der Waals surface area contributed by atoms with Crippen LogP contribution in [0.25, 0.3) is 10.9 Å². The number of esters is 1. The molecule has 0 radical (unpaired) electrons. The van der Waals surface area contributed by atoms with Crippen LogP contribution in [-0.2, 0) is 50.0 Å². The van der Waals surface area contributed by atoms with Crippen molar-refractivity contribution >= 4 is 46.6 Å². The summed E-state index contributed by atoms with van der Waals surface area (Å²) >= 11 is 0. The molecule has 4 amide bonds. The number of aromatic nitrogens is 1. The van der Waals surface area contributed by atoms with Gasteiger partial charge in [0.25, 0.3) is 5.97 Å². The predicted molar refractivity (Wildman–Crippen MR) is 172 cm³/mol. The maximum absolute atomic E-state index is 13.2. The second-order valence-electron chi connectivity index (χ2n) is 10.1. The first-order valence-electron chi connectivity index (χ1n) is 14.5. The fraction of sp³-hybridized carbons (Fsp3) is 0.355. The average Bonchev–Trinajstić information content (AvgIpc) is 3.32. The quantitative estimate of drug-likeness (QED) is 0.0539. The second-order valence-corrected chi connectivity index (χ2v) is 10.1. The molecule has 1 atom stereocenters. The number of amides is 4. The van der Waals surface area contributed by atoms with E-state index in [1.807, 2.05) is 48.5 Å². The van der Waals surface area contributed by atoms with Crippen molar-refractivity contribution in [1.82, 2.24) is 20.5 Å². The van der Waals surface area contributed by atoms with E-state index < -0.39 is 18.0 Å². The molecule has 15 nitrogen and oxygen atoms in total. The Balaban J connectivity index is 0.00000173. The predicted octanol–water partition coefficient (Wildman–Crippen LogP) is 0.861. The highest BCUT2D eigenvalue weighted by atomic mass is 16.5. The molecule has 46 heavy (non-hydrogen) atoms. The first kappa shape index (κ1) is 36.6. The number of aliphatic imine (C=N–C) groups is 1. The normalized spacial score (nSPS) is 10.9. The number of carbonyl (C=O) groups excluding carboxylic acids is 4. The number of carbonyl (C=O) groups is 5. The number of urea groups is 1. The van der Waals surface area contributed by atoms with Gasteiger partial charge in [-0.15, -0.1) is 0 Å². The Morgan fingerprint density at radius 3 is 2.15 bits per heavy atom. The lowest BCUT2D eigenvalue weighted by atomic mass is 10.1. The molecule has 3 aromatic rings. The summed E-state index contributed by atoms with van der Waals surface area (Å²) in [5, 5.41) is 16.5. The number of nitrogens with one attached hydrogen (secondary N) is 3. The van der Waals surface area contributed by atoms with Crippen LogP contribution in [0.15, 0.2) is 59.7 Å². The Morgan fingerprint density at radius 1 is 0.957 bits per heavy atom. The van der Waals surface area contributed by atoms with Gasteiger partial charge in [0.1, 0.15) is 12.6 Å². The van der Waals surface area contributed by atoms with E-state index in [2.05, 4.69) is 20.9 Å². The summed E-state index contributed by atoms with van der Waals surface area (Å²) in [5.41, 5.74) is 19.1. The molecule has 0 spiro atoms. The van der Waals surface area contributed by atoms with Crippen molar-refractivity contribution in [3.8, 4) is 0 Å². The Bertz CT molecular complexity index is 1510. The molecule has 248 valence electrons. The molecule has 1 heterocycles. The van der Waals surface area contributed by atoms with Crippen molar-refractivity contribution in [2.45, 2.75) is 58.8 Å². The van der Waals surface area contributed by atoms with Gasteiger partial charge >= 0.3 is 12.0 Å². The van der Waals surface area contributed by atoms with Crippen molar-refractivity contribution in [2.24, 2.45) is 22.2 Å². The van der Waals surface area contributed by atoms with Crippen LogP contribution in [0.4, 0.5) is 4.79 Å². The average molecular weight is 639 g/mol. The zero-order valence-corrected chi connectivity index (χ0v) is 26.0. The largest absolute Gasteiger partial charge is 0.481 e. The Morgan fingerprint density at radius 2 is 1.57 bits per heavy atom. The molecule has 15 heteroatoms. The van der Waals surface area contributed by atoms with Gasteiger partial charge in [-0.3, -0.25) is 24.2 Å². The van der Waals surface area contributed by atoms with E-state index in [4.69, 9.17) is 31.8 Å². The SMILES string of the molecule is CC(=O)O.CCOC(=O)Cn1cc(CC(=O)N[C@H](CCCN=C(N)N)C(=O)NCc2ccc(CNC(N)=O)cc2)c2ccccc21. The first-order valence-corrected chi connectivity index (χ1v) is 14.5. The third-order valence-electron chi connectivity index (χ3n) is 6.38. The van der Waals surface area contributed by atoms with Gasteiger partial charge in [-0.2, -0.15) is 0 Å². The fourth-order valence-electron chi connectivity index (χ4n) is 4.41. The molecule has 0 fully saturated rings. The molecule has 0 saturated heterocycles. The molecule has 10 N–H and O–H groups in total. The second kappa shape index (κ2) is 18.9. The molecule has 0 aliphatic carbocycles. The van der Waals surface area contributed by atoms with E-state index in [0.717, 1.165) is 34.5 Å². The van der Waals surface area contributed by atoms with Crippen LogP contribution < -0.4 is 33.2 Å². The number of para-hydroxylation sites is 1. The summed E-state index contributed by atoms with van der Waals surface area (Å²) in [5.74, 6) is -1.95. The summed E-state index contributed by atoms with van der Waals surface area (Å²) in [6.07, 6.45) is 2.56. The third kappa shape index (κ3) is 13.4. The van der Waals surface area contributed by atoms with Crippen LogP contribution in [-0.4, -0.2) is 64.6 Å². The zero-order chi connectivity index (χ0) is 34.1. The van der Waals surface area contributed by atoms with Gasteiger partial charge in [0.05, 0.1) is 13.0 Å². The number of rotatable bonds is 15. The lowest BCUT2D eigenvalue weighted by Crippen LogP contribution is -2.47. The summed E-state index contributed by atoms with van der Waals surface area (Å²) in [6, 6.07) is 13.3. The van der Waals surface area contributed by atoms with E-state index in [0.29, 0.717) is 25.9 Å². The number of hydrogen-bond donors (Lipinski definition) is 7. The highest BCUT2D eigenvalue weighted by molar-refractivity contribution is 5.92. The van der Waals surface area contributed by atoms with Crippen molar-refractivity contribution in [3.05, 3.63) is 71.4 Å². The standard InChI is InChI=1S/C29H38N8O5.C2H4O2/c1-2-42-26(39)18-37-17-21(22-6-3-4-8-24(22)37)14-25(38)36-23(7-5-13-33-28(30)31)27(40)34-15-19-9-11-20(12-10-19)16-35-29(32)41;1-2(3)4/h3-4,6,8-12,17,23H,2,5,7,13-16,18H2,1H3,(H,34,40)(H,36,38)(H4,30,31,33)(H3,32,35,41);1H3,(H,3,4)/t23-;/m1./s1. The number of nitrogens with two attached hydrogens (primary N) is 3. The molecule has 2 aromatic carbocycles. The van der Waals surface area contributed by atoms with Gasteiger partial charge < -0.3 is 47.6 Å². The zero-order valence-electron chi connectivity index (χ0n) is 26.0. The Kier molecular flexibility index (Phi) is 15.1. The minimum atomic E-state index is -0.833. The maximum atomic E-state index is 13.2. The van der Waals surface area contributed by atoms with E-state index >= 15 is 0 Å². The fourth-order valence-corrected chi connectivity index (χ4v) is 4.41. The van der Waals surface area contributed by atoms with Gasteiger partial charge in [0, 0.05) is 43.7 Å². The van der Waals surface area contributed by atoms with Gasteiger partial charge in [-0.25, -0.2) is 4.79 Å². The van der Waals surface area contributed by atoms with Crippen molar-refractivity contribution in [2.75, 3.05) is 13.2 Å². The highest BCUT2D eigenvalue weighted by Gasteiger charge is 2.22. The minimum Gasteiger partial charge on any atom is -0.481 e. The summed E-state index contributed by atoms with van der Waals surface area (Å²) in [7, 11) is 0. The maximum Gasteiger partial charge on any atom is 0.325 e. The van der Waals surface area contributed by atoms with E-state index in [9.17, 15) is 19.2 Å². The number of hydrogen-bond acceptors (Lipinski definition) is 7. The van der Waals surface area contributed by atoms with E-state index in [1.165, 1.54) is 0 Å². The monoisotopic (exact) mass is 638 g/mol. The molecule has 0 bridgehead atoms. The van der Waals surface area contributed by atoms with Gasteiger partial charge in [0.15, 0.2) is 5.96 Å². The molecule has 0 aliphatic heterocycles. The number of ether oxygens (including phenoxy) is 1. The lowest BCUT2D eigenvalue weighted by Gasteiger charge is -2.18. The van der Waals surface area contributed by atoms with Crippen LogP contribution in [0.2, 0.25) is 0 Å².